The first-order chi connectivity index (χ1) is 10.9. The predicted octanol–water partition coefficient (Wildman–Crippen LogP) is 4.85. The van der Waals surface area contributed by atoms with Crippen LogP contribution in [-0.2, 0) is 19.0 Å². The molecule has 0 fully saturated rings. The zero-order valence-corrected chi connectivity index (χ0v) is 13.7. The Morgan fingerprint density at radius 1 is 1.17 bits per heavy atom. The lowest BCUT2D eigenvalue weighted by Gasteiger charge is -2.11. The molecule has 2 aromatic rings. The molecule has 8 heteroatoms. The van der Waals surface area contributed by atoms with Crippen LogP contribution in [0.1, 0.15) is 29.0 Å². The molecular weight excluding hydrogens is 343 g/mol. The predicted molar refractivity (Wildman–Crippen MR) is 90.0 cm³/mol. The minimum absolute atomic E-state index is 0.232. The lowest BCUT2D eigenvalue weighted by molar-refractivity contribution is -0.137. The lowest BCUT2D eigenvalue weighted by atomic mass is 10.0. The maximum Gasteiger partial charge on any atom is 0.416 e. The van der Waals surface area contributed by atoms with E-state index >= 15 is 0 Å². The third-order valence-electron chi connectivity index (χ3n) is 3.51. The summed E-state index contributed by atoms with van der Waals surface area (Å²) in [6.45, 7) is 0. The molecule has 0 saturated carbocycles. The monoisotopic (exact) mass is 357 g/mol. The third kappa shape index (κ3) is 4.00. The fourth-order valence-electron chi connectivity index (χ4n) is 2.44. The largest absolute Gasteiger partial charge is 0.416 e. The number of benzene rings is 1. The Morgan fingerprint density at radius 3 is 2.70 bits per heavy atom. The van der Waals surface area contributed by atoms with Crippen LogP contribution >= 0.6 is 23.6 Å². The minimum atomic E-state index is -4.37. The van der Waals surface area contributed by atoms with E-state index < -0.39 is 11.7 Å². The Kier molecular flexibility index (Phi) is 4.54. The minimum Gasteiger partial charge on any atom is -0.332 e. The van der Waals surface area contributed by atoms with E-state index in [9.17, 15) is 13.2 Å². The average molecular weight is 357 g/mol. The molecule has 1 heterocycles. The number of nitrogens with zero attached hydrogens (tertiary/aromatic N) is 1. The Morgan fingerprint density at radius 2 is 1.96 bits per heavy atom. The first-order valence-electron chi connectivity index (χ1n) is 7.16. The summed E-state index contributed by atoms with van der Waals surface area (Å²) in [4.78, 5) is 5.75. The van der Waals surface area contributed by atoms with Gasteiger partial charge in [-0.3, -0.25) is 0 Å². The topological polar surface area (TPSA) is 37.0 Å². The van der Waals surface area contributed by atoms with Gasteiger partial charge in [-0.1, -0.05) is 6.07 Å². The number of aromatic nitrogens is 1. The van der Waals surface area contributed by atoms with Crippen LogP contribution in [0.15, 0.2) is 24.3 Å². The highest BCUT2D eigenvalue weighted by atomic mass is 32.1. The molecular formula is C15H14F3N3S2. The van der Waals surface area contributed by atoms with Gasteiger partial charge in [0.25, 0.3) is 0 Å². The molecule has 0 spiro atoms. The van der Waals surface area contributed by atoms with Crippen LogP contribution in [0.3, 0.4) is 0 Å². The van der Waals surface area contributed by atoms with E-state index in [1.54, 1.807) is 11.3 Å². The summed E-state index contributed by atoms with van der Waals surface area (Å²) in [6.07, 6.45) is -0.0599. The maximum atomic E-state index is 12.7. The van der Waals surface area contributed by atoms with Crippen molar-refractivity contribution in [1.29, 1.82) is 0 Å². The van der Waals surface area contributed by atoms with Gasteiger partial charge in [0.05, 0.1) is 11.3 Å². The normalized spacial score (nSPS) is 14.2. The maximum absolute atomic E-state index is 12.7. The van der Waals surface area contributed by atoms with Gasteiger partial charge in [0, 0.05) is 10.6 Å². The Bertz CT molecular complexity index is 701. The van der Waals surface area contributed by atoms with E-state index in [0.717, 1.165) is 37.1 Å². The molecule has 0 amide bonds. The highest BCUT2D eigenvalue weighted by molar-refractivity contribution is 7.80. The fraction of sp³-hybridized carbons (Fsp3) is 0.333. The number of rotatable bonds is 2. The van der Waals surface area contributed by atoms with Crippen LogP contribution in [0.2, 0.25) is 0 Å². The van der Waals surface area contributed by atoms with Gasteiger partial charge in [-0.2, -0.15) is 13.2 Å². The number of aryl methyl sites for hydroxylation is 2. The molecule has 0 radical (unpaired) electrons. The van der Waals surface area contributed by atoms with Gasteiger partial charge in [0.15, 0.2) is 10.2 Å². The quantitative estimate of drug-likeness (QED) is 0.754. The number of thiazole rings is 1. The zero-order chi connectivity index (χ0) is 16.4. The molecule has 0 saturated heterocycles. The summed E-state index contributed by atoms with van der Waals surface area (Å²) in [5.41, 5.74) is 0.680. The zero-order valence-electron chi connectivity index (χ0n) is 12.0. The summed E-state index contributed by atoms with van der Waals surface area (Å²) in [5, 5.41) is 6.64. The van der Waals surface area contributed by atoms with Gasteiger partial charge in [-0.25, -0.2) is 4.98 Å². The smallest absolute Gasteiger partial charge is 0.332 e. The molecule has 0 unspecified atom stereocenters. The van der Waals surface area contributed by atoms with Crippen molar-refractivity contribution in [2.75, 3.05) is 10.6 Å². The number of nitrogens with one attached hydrogen (secondary N) is 2. The number of fused-ring (bicyclic) bond motifs is 1. The van der Waals surface area contributed by atoms with Crippen molar-refractivity contribution in [1.82, 2.24) is 4.98 Å². The van der Waals surface area contributed by atoms with Crippen LogP contribution in [0, 0.1) is 0 Å². The van der Waals surface area contributed by atoms with Crippen LogP contribution in [0.4, 0.5) is 24.0 Å². The van der Waals surface area contributed by atoms with Crippen LogP contribution in [-0.4, -0.2) is 10.1 Å². The number of thiocarbonyl (C=S) groups is 1. The highest BCUT2D eigenvalue weighted by Crippen LogP contribution is 2.31. The van der Waals surface area contributed by atoms with E-state index in [-0.39, 0.29) is 5.11 Å². The second-order valence-electron chi connectivity index (χ2n) is 5.25. The SMILES string of the molecule is FC(F)(F)c1cccc(NC(=S)Nc2nc3c(s2)CCCC3)c1. The molecule has 0 bridgehead atoms. The van der Waals surface area contributed by atoms with Gasteiger partial charge in [-0.15, -0.1) is 11.3 Å². The van der Waals surface area contributed by atoms with Gasteiger partial charge >= 0.3 is 6.18 Å². The standard InChI is InChI=1S/C15H14F3N3S2/c16-15(17,18)9-4-3-5-10(8-9)19-13(22)21-14-20-11-6-1-2-7-12(11)23-14/h3-5,8H,1-2,6-7H2,(H2,19,20,21,22). The highest BCUT2D eigenvalue weighted by Gasteiger charge is 2.30. The second kappa shape index (κ2) is 6.45. The van der Waals surface area contributed by atoms with Gasteiger partial charge in [-0.05, 0) is 56.1 Å². The molecule has 1 aliphatic carbocycles. The van der Waals surface area contributed by atoms with Crippen molar-refractivity contribution in [3.8, 4) is 0 Å². The molecule has 0 aliphatic heterocycles. The van der Waals surface area contributed by atoms with E-state index in [1.807, 2.05) is 0 Å². The van der Waals surface area contributed by atoms with Gasteiger partial charge in [0.1, 0.15) is 0 Å². The van der Waals surface area contributed by atoms with Crippen molar-refractivity contribution in [2.45, 2.75) is 31.9 Å². The summed E-state index contributed by atoms with van der Waals surface area (Å²) in [7, 11) is 0. The van der Waals surface area contributed by atoms with E-state index in [0.29, 0.717) is 10.8 Å². The first kappa shape index (κ1) is 16.2. The molecule has 2 N–H and O–H groups in total. The van der Waals surface area contributed by atoms with Gasteiger partial charge < -0.3 is 10.6 Å². The summed E-state index contributed by atoms with van der Waals surface area (Å²) < 4.78 is 38.1. The van der Waals surface area contributed by atoms with E-state index in [2.05, 4.69) is 15.6 Å². The molecule has 23 heavy (non-hydrogen) atoms. The lowest BCUT2D eigenvalue weighted by Crippen LogP contribution is -2.19. The van der Waals surface area contributed by atoms with Crippen molar-refractivity contribution in [3.05, 3.63) is 40.4 Å². The molecule has 3 nitrogen and oxygen atoms in total. The Labute approximate surface area is 140 Å². The van der Waals surface area contributed by atoms with Crippen molar-refractivity contribution in [2.24, 2.45) is 0 Å². The van der Waals surface area contributed by atoms with Crippen molar-refractivity contribution in [3.63, 3.8) is 0 Å². The van der Waals surface area contributed by atoms with Crippen LogP contribution in [0.5, 0.6) is 0 Å². The number of anilines is 2. The number of hydrogen-bond acceptors (Lipinski definition) is 3. The Hall–Kier alpha value is -1.67. The Balaban J connectivity index is 1.66. The number of hydrogen-bond donors (Lipinski definition) is 2. The second-order valence-corrected chi connectivity index (χ2v) is 6.75. The average Bonchev–Trinajstić information content (AvgIpc) is 2.88. The third-order valence-corrected chi connectivity index (χ3v) is 4.79. The van der Waals surface area contributed by atoms with Crippen LogP contribution in [0.25, 0.3) is 0 Å². The van der Waals surface area contributed by atoms with E-state index in [4.69, 9.17) is 12.2 Å². The van der Waals surface area contributed by atoms with Crippen LogP contribution < -0.4 is 10.6 Å². The number of halogens is 3. The first-order valence-corrected chi connectivity index (χ1v) is 8.38. The molecule has 1 aliphatic rings. The van der Waals surface area contributed by atoms with Crippen molar-refractivity contribution >= 4 is 39.5 Å². The number of alkyl halides is 3. The molecule has 3 rings (SSSR count). The summed E-state index contributed by atoms with van der Waals surface area (Å²) >= 11 is 6.71. The molecule has 122 valence electrons. The molecule has 0 atom stereocenters. The fourth-order valence-corrected chi connectivity index (χ4v) is 3.77. The summed E-state index contributed by atoms with van der Waals surface area (Å²) in [6, 6.07) is 4.93. The summed E-state index contributed by atoms with van der Waals surface area (Å²) in [5.74, 6) is 0. The van der Waals surface area contributed by atoms with Gasteiger partial charge in [0.2, 0.25) is 0 Å². The molecule has 1 aromatic heterocycles. The van der Waals surface area contributed by atoms with E-state index in [1.165, 1.54) is 23.4 Å². The molecule has 1 aromatic carbocycles. The van der Waals surface area contributed by atoms with Crippen molar-refractivity contribution < 1.29 is 13.2 Å².